The number of aryl methyl sites for hydroxylation is 1. The molecule has 5 heteroatoms. The molecule has 98 valence electrons. The Kier molecular flexibility index (Phi) is 3.03. The van der Waals surface area contributed by atoms with Crippen LogP contribution in [0.1, 0.15) is 40.0 Å². The molecule has 0 spiro atoms. The predicted octanol–water partition coefficient (Wildman–Crippen LogP) is 2.13. The molecule has 0 bridgehead atoms. The Balaban J connectivity index is 1.81. The number of aromatic nitrogens is 2. The van der Waals surface area contributed by atoms with Gasteiger partial charge in [0.2, 0.25) is 5.89 Å². The number of benzene rings is 1. The van der Waals surface area contributed by atoms with Crippen LogP contribution in [0.15, 0.2) is 28.7 Å². The molecule has 1 unspecified atom stereocenters. The molecule has 0 aliphatic heterocycles. The minimum Gasteiger partial charge on any atom is -0.462 e. The first-order valence-electron chi connectivity index (χ1n) is 6.26. The molecule has 5 nitrogen and oxygen atoms in total. The highest BCUT2D eigenvalue weighted by Crippen LogP contribution is 2.31. The zero-order valence-electron chi connectivity index (χ0n) is 10.6. The summed E-state index contributed by atoms with van der Waals surface area (Å²) in [6.45, 7) is 0. The molecule has 0 saturated carbocycles. The number of nitrogens with zero attached hydrogens (tertiary/aromatic N) is 2. The van der Waals surface area contributed by atoms with Crippen molar-refractivity contribution in [1.29, 1.82) is 0 Å². The highest BCUT2D eigenvalue weighted by atomic mass is 16.5. The second-order valence-electron chi connectivity index (χ2n) is 4.65. The van der Waals surface area contributed by atoms with Gasteiger partial charge in [0.05, 0.1) is 7.11 Å². The minimum atomic E-state index is -0.588. The lowest BCUT2D eigenvalue weighted by Crippen LogP contribution is -2.12. The van der Waals surface area contributed by atoms with Crippen LogP contribution in [0.3, 0.4) is 0 Å². The number of esters is 1. The topological polar surface area (TPSA) is 65.2 Å². The van der Waals surface area contributed by atoms with E-state index in [9.17, 15) is 4.79 Å². The number of ether oxygens (including phenoxy) is 1. The third kappa shape index (κ3) is 2.23. The maximum absolute atomic E-state index is 11.3. The Labute approximate surface area is 110 Å². The van der Waals surface area contributed by atoms with Crippen LogP contribution in [0.25, 0.3) is 0 Å². The monoisotopic (exact) mass is 258 g/mol. The highest BCUT2D eigenvalue weighted by Gasteiger charge is 2.26. The van der Waals surface area contributed by atoms with E-state index in [1.165, 1.54) is 18.2 Å². The summed E-state index contributed by atoms with van der Waals surface area (Å²) in [5.41, 5.74) is 2.70. The van der Waals surface area contributed by atoms with Crippen LogP contribution in [-0.2, 0) is 17.6 Å². The summed E-state index contributed by atoms with van der Waals surface area (Å²) in [5.74, 6) is 0.0435. The van der Waals surface area contributed by atoms with Crippen molar-refractivity contribution >= 4 is 5.97 Å². The molecule has 0 N–H and O–H groups in total. The Morgan fingerprint density at radius 2 is 2.11 bits per heavy atom. The largest absolute Gasteiger partial charge is 0.462 e. The predicted molar refractivity (Wildman–Crippen MR) is 66.8 cm³/mol. The minimum absolute atomic E-state index is 0.0728. The zero-order chi connectivity index (χ0) is 13.2. The molecule has 19 heavy (non-hydrogen) atoms. The van der Waals surface area contributed by atoms with Crippen LogP contribution in [0.2, 0.25) is 0 Å². The lowest BCUT2D eigenvalue weighted by atomic mass is 9.84. The molecule has 0 fully saturated rings. The Bertz CT molecular complexity index is 606. The van der Waals surface area contributed by atoms with Gasteiger partial charge < -0.3 is 9.15 Å². The van der Waals surface area contributed by atoms with Crippen molar-refractivity contribution in [2.75, 3.05) is 7.11 Å². The van der Waals surface area contributed by atoms with E-state index in [-0.39, 0.29) is 11.8 Å². The van der Waals surface area contributed by atoms with Gasteiger partial charge in [0, 0.05) is 5.92 Å². The molecule has 1 aromatic carbocycles. The van der Waals surface area contributed by atoms with Crippen molar-refractivity contribution in [2.45, 2.75) is 25.2 Å². The number of fused-ring (bicyclic) bond motifs is 1. The maximum Gasteiger partial charge on any atom is 0.396 e. The molecule has 3 rings (SSSR count). The van der Waals surface area contributed by atoms with Gasteiger partial charge >= 0.3 is 11.9 Å². The summed E-state index contributed by atoms with van der Waals surface area (Å²) in [7, 11) is 1.29. The van der Waals surface area contributed by atoms with Crippen LogP contribution in [0.5, 0.6) is 0 Å². The lowest BCUT2D eigenvalue weighted by Gasteiger charge is -2.21. The molecule has 2 aromatic rings. The van der Waals surface area contributed by atoms with Gasteiger partial charge in [0.1, 0.15) is 0 Å². The maximum atomic E-state index is 11.3. The fourth-order valence-corrected chi connectivity index (χ4v) is 2.48. The van der Waals surface area contributed by atoms with Crippen molar-refractivity contribution in [3.05, 3.63) is 47.2 Å². The average Bonchev–Trinajstić information content (AvgIpc) is 2.95. The summed E-state index contributed by atoms with van der Waals surface area (Å²) in [6.07, 6.45) is 2.83. The van der Waals surface area contributed by atoms with E-state index in [1.54, 1.807) is 0 Å². The highest BCUT2D eigenvalue weighted by molar-refractivity contribution is 5.83. The molecular weight excluding hydrogens is 244 g/mol. The third-order valence-electron chi connectivity index (χ3n) is 3.50. The standard InChI is InChI=1S/C14H14N2O3/c1-18-14(17)13-16-15-12(19-13)11-7-6-9-4-2-3-5-10(9)8-11/h2-5,11H,6-8H2,1H3. The Morgan fingerprint density at radius 1 is 1.32 bits per heavy atom. The summed E-state index contributed by atoms with van der Waals surface area (Å²) in [4.78, 5) is 11.3. The Hall–Kier alpha value is -2.17. The van der Waals surface area contributed by atoms with Gasteiger partial charge in [-0.25, -0.2) is 4.79 Å². The molecule has 0 amide bonds. The van der Waals surface area contributed by atoms with Crippen LogP contribution in [0, 0.1) is 0 Å². The van der Waals surface area contributed by atoms with Crippen molar-refractivity contribution in [3.8, 4) is 0 Å². The number of hydrogen-bond donors (Lipinski definition) is 0. The van der Waals surface area contributed by atoms with Crippen molar-refractivity contribution in [2.24, 2.45) is 0 Å². The smallest absolute Gasteiger partial charge is 0.396 e. The first-order chi connectivity index (χ1) is 9.28. The number of carbonyl (C=O) groups excluding carboxylic acids is 1. The molecule has 1 aromatic heterocycles. The van der Waals surface area contributed by atoms with E-state index >= 15 is 0 Å². The number of carbonyl (C=O) groups is 1. The molecule has 1 aliphatic carbocycles. The van der Waals surface area contributed by atoms with E-state index in [2.05, 4.69) is 33.1 Å². The number of hydrogen-bond acceptors (Lipinski definition) is 5. The van der Waals surface area contributed by atoms with E-state index in [0.717, 1.165) is 19.3 Å². The molecule has 1 heterocycles. The first-order valence-corrected chi connectivity index (χ1v) is 6.26. The molecule has 1 atom stereocenters. The average molecular weight is 258 g/mol. The van der Waals surface area contributed by atoms with Gasteiger partial charge in [-0.2, -0.15) is 0 Å². The fraction of sp³-hybridized carbons (Fsp3) is 0.357. The summed E-state index contributed by atoms with van der Waals surface area (Å²) >= 11 is 0. The van der Waals surface area contributed by atoms with Crippen LogP contribution in [-0.4, -0.2) is 23.3 Å². The van der Waals surface area contributed by atoms with E-state index in [0.29, 0.717) is 5.89 Å². The van der Waals surface area contributed by atoms with Gasteiger partial charge in [-0.15, -0.1) is 10.2 Å². The van der Waals surface area contributed by atoms with E-state index in [4.69, 9.17) is 4.42 Å². The molecular formula is C14H14N2O3. The van der Waals surface area contributed by atoms with Crippen LogP contribution in [0.4, 0.5) is 0 Å². The first kappa shape index (κ1) is 11.9. The van der Waals surface area contributed by atoms with Gasteiger partial charge in [0.25, 0.3) is 0 Å². The summed E-state index contributed by atoms with van der Waals surface area (Å²) in [6, 6.07) is 8.37. The van der Waals surface area contributed by atoms with Gasteiger partial charge in [0.15, 0.2) is 0 Å². The normalized spacial score (nSPS) is 17.8. The molecule has 0 radical (unpaired) electrons. The molecule has 0 saturated heterocycles. The van der Waals surface area contributed by atoms with Crippen LogP contribution < -0.4 is 0 Å². The second-order valence-corrected chi connectivity index (χ2v) is 4.65. The number of rotatable bonds is 2. The second kappa shape index (κ2) is 4.84. The lowest BCUT2D eigenvalue weighted by molar-refractivity contribution is 0.0553. The van der Waals surface area contributed by atoms with Gasteiger partial charge in [-0.05, 0) is 30.4 Å². The van der Waals surface area contributed by atoms with Crippen molar-refractivity contribution in [1.82, 2.24) is 10.2 Å². The van der Waals surface area contributed by atoms with Gasteiger partial charge in [-0.3, -0.25) is 0 Å². The van der Waals surface area contributed by atoms with Gasteiger partial charge in [-0.1, -0.05) is 24.3 Å². The van der Waals surface area contributed by atoms with E-state index in [1.807, 2.05) is 6.07 Å². The summed E-state index contributed by atoms with van der Waals surface area (Å²) < 4.78 is 9.95. The zero-order valence-corrected chi connectivity index (χ0v) is 10.6. The SMILES string of the molecule is COC(=O)c1nnc(C2CCc3ccccc3C2)o1. The van der Waals surface area contributed by atoms with E-state index < -0.39 is 5.97 Å². The van der Waals surface area contributed by atoms with Crippen LogP contribution >= 0.6 is 0 Å². The van der Waals surface area contributed by atoms with Crippen molar-refractivity contribution < 1.29 is 13.9 Å². The summed E-state index contributed by atoms with van der Waals surface area (Å²) in [5, 5.41) is 7.69. The third-order valence-corrected chi connectivity index (χ3v) is 3.50. The van der Waals surface area contributed by atoms with Crippen molar-refractivity contribution in [3.63, 3.8) is 0 Å². The Morgan fingerprint density at radius 3 is 2.89 bits per heavy atom. The quantitative estimate of drug-likeness (QED) is 0.772. The molecule has 1 aliphatic rings. The fourth-order valence-electron chi connectivity index (χ4n) is 2.48. The number of methoxy groups -OCH3 is 1.